The lowest BCUT2D eigenvalue weighted by Crippen LogP contribution is -2.12. The molecule has 6 nitrogen and oxygen atoms in total. The highest BCUT2D eigenvalue weighted by atomic mass is 19.1. The maximum Gasteiger partial charge on any atom is 0.164 e. The first-order valence-electron chi connectivity index (χ1n) is 7.82. The Morgan fingerprint density at radius 2 is 2.04 bits per heavy atom. The third-order valence-electron chi connectivity index (χ3n) is 3.63. The van der Waals surface area contributed by atoms with Crippen LogP contribution >= 0.6 is 0 Å². The molecule has 0 aliphatic rings. The lowest BCUT2D eigenvalue weighted by molar-refractivity contribution is 0.282. The quantitative estimate of drug-likeness (QED) is 0.697. The van der Waals surface area contributed by atoms with E-state index in [0.29, 0.717) is 17.5 Å². The van der Waals surface area contributed by atoms with Crippen LogP contribution in [-0.2, 0) is 20.2 Å². The van der Waals surface area contributed by atoms with Crippen molar-refractivity contribution in [2.24, 2.45) is 13.0 Å². The van der Waals surface area contributed by atoms with Gasteiger partial charge in [0.1, 0.15) is 24.5 Å². The Labute approximate surface area is 139 Å². The zero-order valence-electron chi connectivity index (χ0n) is 14.0. The van der Waals surface area contributed by atoms with E-state index in [-0.39, 0.29) is 12.4 Å². The van der Waals surface area contributed by atoms with E-state index in [1.54, 1.807) is 16.9 Å². The number of ether oxygens (including phenoxy) is 1. The summed E-state index contributed by atoms with van der Waals surface area (Å²) in [6.07, 6.45) is 3.20. The minimum Gasteiger partial charge on any atom is -0.485 e. The molecule has 0 aliphatic carbocycles. The zero-order valence-corrected chi connectivity index (χ0v) is 14.0. The molecule has 2 aromatic heterocycles. The number of hydrogen-bond acceptors (Lipinski definition) is 4. The van der Waals surface area contributed by atoms with Gasteiger partial charge in [-0.15, -0.1) is 0 Å². The Morgan fingerprint density at radius 3 is 2.75 bits per heavy atom. The fourth-order valence-electron chi connectivity index (χ4n) is 2.51. The molecule has 0 aliphatic heterocycles. The molecule has 126 valence electrons. The smallest absolute Gasteiger partial charge is 0.164 e. The van der Waals surface area contributed by atoms with Gasteiger partial charge in [0.15, 0.2) is 5.82 Å². The molecule has 0 fully saturated rings. The second-order valence-electron chi connectivity index (χ2n) is 6.02. The maximum atomic E-state index is 13.7. The van der Waals surface area contributed by atoms with E-state index in [9.17, 15) is 4.39 Å². The number of aryl methyl sites for hydroxylation is 1. The summed E-state index contributed by atoms with van der Waals surface area (Å²) in [5, 5.41) is 8.36. The molecular weight excluding hydrogens is 309 g/mol. The predicted molar refractivity (Wildman–Crippen MR) is 87.8 cm³/mol. The topological polar surface area (TPSA) is 57.8 Å². The van der Waals surface area contributed by atoms with E-state index in [4.69, 9.17) is 4.74 Å². The van der Waals surface area contributed by atoms with Crippen LogP contribution in [0, 0.1) is 11.7 Å². The Hall–Kier alpha value is -2.70. The fraction of sp³-hybridized carbons (Fsp3) is 0.353. The van der Waals surface area contributed by atoms with Crippen LogP contribution in [-0.4, -0.2) is 24.5 Å². The fourth-order valence-corrected chi connectivity index (χ4v) is 2.51. The molecule has 0 saturated carbocycles. The van der Waals surface area contributed by atoms with E-state index >= 15 is 0 Å². The van der Waals surface area contributed by atoms with Crippen molar-refractivity contribution < 1.29 is 9.13 Å². The average Bonchev–Trinajstić information content (AvgIpc) is 3.14. The number of aromatic nitrogens is 5. The number of halogens is 1. The lowest BCUT2D eigenvalue weighted by Gasteiger charge is -2.13. The van der Waals surface area contributed by atoms with Gasteiger partial charge in [0, 0.05) is 31.4 Å². The van der Waals surface area contributed by atoms with Crippen LogP contribution in [0.5, 0.6) is 5.75 Å². The average molecular weight is 329 g/mol. The molecule has 0 unspecified atom stereocenters. The highest BCUT2D eigenvalue weighted by Gasteiger charge is 2.13. The van der Waals surface area contributed by atoms with E-state index < -0.39 is 0 Å². The highest BCUT2D eigenvalue weighted by molar-refractivity contribution is 5.67. The molecule has 1 aromatic carbocycles. The van der Waals surface area contributed by atoms with Crippen LogP contribution in [0.1, 0.15) is 19.7 Å². The van der Waals surface area contributed by atoms with Crippen molar-refractivity contribution >= 4 is 0 Å². The minimum absolute atomic E-state index is 0.223. The van der Waals surface area contributed by atoms with E-state index in [1.165, 1.54) is 18.5 Å². The molecule has 0 N–H and O–H groups in total. The van der Waals surface area contributed by atoms with E-state index in [0.717, 1.165) is 17.8 Å². The van der Waals surface area contributed by atoms with Crippen LogP contribution < -0.4 is 4.74 Å². The number of rotatable bonds is 6. The molecule has 2 heterocycles. The molecular formula is C17H20FN5O. The lowest BCUT2D eigenvalue weighted by atomic mass is 10.1. The molecule has 0 radical (unpaired) electrons. The van der Waals surface area contributed by atoms with Gasteiger partial charge in [-0.2, -0.15) is 10.2 Å². The van der Waals surface area contributed by atoms with Gasteiger partial charge in [-0.3, -0.25) is 4.68 Å². The third kappa shape index (κ3) is 3.45. The molecule has 0 amide bonds. The third-order valence-corrected chi connectivity index (χ3v) is 3.63. The largest absolute Gasteiger partial charge is 0.485 e. The molecule has 0 bridgehead atoms. The summed E-state index contributed by atoms with van der Waals surface area (Å²) in [4.78, 5) is 4.23. The second-order valence-corrected chi connectivity index (χ2v) is 6.02. The van der Waals surface area contributed by atoms with Gasteiger partial charge >= 0.3 is 0 Å². The second kappa shape index (κ2) is 6.82. The highest BCUT2D eigenvalue weighted by Crippen LogP contribution is 2.30. The van der Waals surface area contributed by atoms with Gasteiger partial charge < -0.3 is 4.74 Å². The van der Waals surface area contributed by atoms with Gasteiger partial charge in [0.2, 0.25) is 0 Å². The first kappa shape index (κ1) is 16.2. The number of nitrogens with zero attached hydrogens (tertiary/aromatic N) is 5. The summed E-state index contributed by atoms with van der Waals surface area (Å²) in [6.45, 7) is 5.20. The van der Waals surface area contributed by atoms with Crippen molar-refractivity contribution in [3.05, 3.63) is 48.4 Å². The molecule has 3 aromatic rings. The predicted octanol–water partition coefficient (Wildman–Crippen LogP) is 3.05. The van der Waals surface area contributed by atoms with Crippen LogP contribution in [0.2, 0.25) is 0 Å². The summed E-state index contributed by atoms with van der Waals surface area (Å²) in [5.41, 5.74) is 1.64. The summed E-state index contributed by atoms with van der Waals surface area (Å²) >= 11 is 0. The van der Waals surface area contributed by atoms with Gasteiger partial charge in [0.25, 0.3) is 0 Å². The molecule has 24 heavy (non-hydrogen) atoms. The monoisotopic (exact) mass is 329 g/mol. The van der Waals surface area contributed by atoms with Crippen LogP contribution in [0.15, 0.2) is 36.8 Å². The maximum absolute atomic E-state index is 13.7. The van der Waals surface area contributed by atoms with Crippen LogP contribution in [0.3, 0.4) is 0 Å². The van der Waals surface area contributed by atoms with Crippen molar-refractivity contribution in [1.29, 1.82) is 0 Å². The molecule has 3 rings (SSSR count). The van der Waals surface area contributed by atoms with Gasteiger partial charge in [-0.25, -0.2) is 14.1 Å². The van der Waals surface area contributed by atoms with Crippen molar-refractivity contribution in [2.75, 3.05) is 0 Å². The zero-order chi connectivity index (χ0) is 17.1. The van der Waals surface area contributed by atoms with Gasteiger partial charge in [-0.05, 0) is 24.1 Å². The summed E-state index contributed by atoms with van der Waals surface area (Å²) in [6, 6.07) is 6.35. The molecule has 0 spiro atoms. The molecule has 7 heteroatoms. The standard InChI is InChI=1S/C17H20FN5O/c1-12(2)9-23-17(19-11-21-23)10-24-16-8-13(18)4-5-14(16)15-6-7-20-22(15)3/h4-8,11-12H,9-10H2,1-3H3. The van der Waals surface area contributed by atoms with Gasteiger partial charge in [0.05, 0.1) is 5.69 Å². The number of hydrogen-bond donors (Lipinski definition) is 0. The van der Waals surface area contributed by atoms with Crippen LogP contribution in [0.4, 0.5) is 4.39 Å². The van der Waals surface area contributed by atoms with Crippen LogP contribution in [0.25, 0.3) is 11.3 Å². The normalized spacial score (nSPS) is 11.2. The van der Waals surface area contributed by atoms with Crippen molar-refractivity contribution in [1.82, 2.24) is 24.5 Å². The Bertz CT molecular complexity index is 824. The summed E-state index contributed by atoms with van der Waals surface area (Å²) in [5.74, 6) is 1.27. The van der Waals surface area contributed by atoms with E-state index in [1.807, 2.05) is 17.8 Å². The van der Waals surface area contributed by atoms with Crippen molar-refractivity contribution in [3.63, 3.8) is 0 Å². The summed E-state index contributed by atoms with van der Waals surface area (Å²) in [7, 11) is 1.84. The first-order valence-corrected chi connectivity index (χ1v) is 7.82. The van der Waals surface area contributed by atoms with Crippen molar-refractivity contribution in [2.45, 2.75) is 27.0 Å². The summed E-state index contributed by atoms with van der Waals surface area (Å²) < 4.78 is 23.1. The minimum atomic E-state index is -0.348. The Morgan fingerprint density at radius 1 is 1.21 bits per heavy atom. The molecule has 0 saturated heterocycles. The van der Waals surface area contributed by atoms with Crippen molar-refractivity contribution in [3.8, 4) is 17.0 Å². The SMILES string of the molecule is CC(C)Cn1ncnc1COc1cc(F)ccc1-c1ccnn1C. The number of benzene rings is 1. The Kier molecular flexibility index (Phi) is 4.59. The van der Waals surface area contributed by atoms with E-state index in [2.05, 4.69) is 29.0 Å². The first-order chi connectivity index (χ1) is 11.5. The Balaban J connectivity index is 1.84. The van der Waals surface area contributed by atoms with Gasteiger partial charge in [-0.1, -0.05) is 13.8 Å². The molecule has 0 atom stereocenters.